The molecule has 2 aromatic rings. The molecule has 114 valence electrons. The first kappa shape index (κ1) is 15.9. The number of aromatic nitrogens is 3. The van der Waals surface area contributed by atoms with Crippen molar-refractivity contribution in [1.29, 1.82) is 0 Å². The molecule has 0 fully saturated rings. The summed E-state index contributed by atoms with van der Waals surface area (Å²) in [5.74, 6) is 0.566. The Morgan fingerprint density at radius 1 is 1.19 bits per heavy atom. The molecular weight excluding hydrogens is 284 g/mol. The lowest BCUT2D eigenvalue weighted by Crippen LogP contribution is -2.35. The molecule has 5 nitrogen and oxygen atoms in total. The average Bonchev–Trinajstić information content (AvgIpc) is 2.83. The van der Waals surface area contributed by atoms with Gasteiger partial charge in [0.1, 0.15) is 0 Å². The van der Waals surface area contributed by atoms with Gasteiger partial charge in [-0.15, -0.1) is 11.3 Å². The van der Waals surface area contributed by atoms with E-state index in [4.69, 9.17) is 4.74 Å². The van der Waals surface area contributed by atoms with E-state index in [2.05, 4.69) is 41.0 Å². The van der Waals surface area contributed by atoms with Crippen LogP contribution in [0.1, 0.15) is 37.0 Å². The van der Waals surface area contributed by atoms with Crippen LogP contribution >= 0.6 is 11.3 Å². The highest BCUT2D eigenvalue weighted by atomic mass is 32.1. The van der Waals surface area contributed by atoms with Gasteiger partial charge in [0.05, 0.1) is 35.9 Å². The third-order valence-corrected chi connectivity index (χ3v) is 3.90. The van der Waals surface area contributed by atoms with Crippen molar-refractivity contribution in [1.82, 2.24) is 20.3 Å². The molecule has 0 aliphatic heterocycles. The first-order valence-corrected chi connectivity index (χ1v) is 7.90. The molecule has 2 aromatic heterocycles. The number of aryl methyl sites for hydroxylation is 1. The zero-order valence-electron chi connectivity index (χ0n) is 13.0. The zero-order valence-corrected chi connectivity index (χ0v) is 13.8. The van der Waals surface area contributed by atoms with Crippen LogP contribution < -0.4 is 10.1 Å². The molecule has 0 unspecified atom stereocenters. The molecule has 0 saturated carbocycles. The predicted molar refractivity (Wildman–Crippen MR) is 84.7 cm³/mol. The standard InChI is InChI=1S/C15H22N4OS/c1-11-13(21-10-18-11)5-6-20-14-9-16-12(7-17-14)8-19-15(2,3)4/h7,9-10,19H,5-6,8H2,1-4H3. The number of ether oxygens (including phenoxy) is 1. The second-order valence-electron chi connectivity index (χ2n) is 5.91. The number of thiazole rings is 1. The summed E-state index contributed by atoms with van der Waals surface area (Å²) in [6.45, 7) is 9.69. The lowest BCUT2D eigenvalue weighted by molar-refractivity contribution is 0.308. The Hall–Kier alpha value is -1.53. The van der Waals surface area contributed by atoms with Crippen molar-refractivity contribution in [3.63, 3.8) is 0 Å². The van der Waals surface area contributed by atoms with Gasteiger partial charge >= 0.3 is 0 Å². The molecule has 0 atom stereocenters. The van der Waals surface area contributed by atoms with Gasteiger partial charge in [-0.2, -0.15) is 0 Å². The van der Waals surface area contributed by atoms with Gasteiger partial charge in [0.15, 0.2) is 0 Å². The summed E-state index contributed by atoms with van der Waals surface area (Å²) in [7, 11) is 0. The van der Waals surface area contributed by atoms with Crippen molar-refractivity contribution in [2.75, 3.05) is 6.61 Å². The van der Waals surface area contributed by atoms with Gasteiger partial charge in [0.2, 0.25) is 5.88 Å². The van der Waals surface area contributed by atoms with Crippen LogP contribution in [0.5, 0.6) is 5.88 Å². The zero-order chi connectivity index (χ0) is 15.3. The predicted octanol–water partition coefficient (Wildman–Crippen LogP) is 2.75. The highest BCUT2D eigenvalue weighted by Crippen LogP contribution is 2.13. The monoisotopic (exact) mass is 306 g/mol. The van der Waals surface area contributed by atoms with Gasteiger partial charge in [-0.05, 0) is 27.7 Å². The maximum absolute atomic E-state index is 5.62. The van der Waals surface area contributed by atoms with Gasteiger partial charge in [0, 0.05) is 23.4 Å². The summed E-state index contributed by atoms with van der Waals surface area (Å²) in [6, 6.07) is 0. The van der Waals surface area contributed by atoms with Crippen molar-refractivity contribution >= 4 is 11.3 Å². The summed E-state index contributed by atoms with van der Waals surface area (Å²) >= 11 is 1.66. The molecule has 0 aliphatic carbocycles. The van der Waals surface area contributed by atoms with E-state index in [1.807, 2.05) is 12.4 Å². The first-order valence-electron chi connectivity index (χ1n) is 7.02. The number of rotatable bonds is 6. The molecule has 0 saturated heterocycles. The Labute approximate surface area is 129 Å². The smallest absolute Gasteiger partial charge is 0.232 e. The van der Waals surface area contributed by atoms with Gasteiger partial charge < -0.3 is 10.1 Å². The van der Waals surface area contributed by atoms with E-state index in [1.54, 1.807) is 23.7 Å². The van der Waals surface area contributed by atoms with Gasteiger partial charge in [-0.25, -0.2) is 9.97 Å². The van der Waals surface area contributed by atoms with Gasteiger partial charge in [-0.3, -0.25) is 4.98 Å². The fourth-order valence-electron chi connectivity index (χ4n) is 1.68. The number of nitrogens with one attached hydrogen (secondary N) is 1. The number of nitrogens with zero attached hydrogens (tertiary/aromatic N) is 3. The summed E-state index contributed by atoms with van der Waals surface area (Å²) in [5, 5.41) is 3.38. The Bertz CT molecular complexity index is 560. The van der Waals surface area contributed by atoms with E-state index < -0.39 is 0 Å². The summed E-state index contributed by atoms with van der Waals surface area (Å²) in [6.07, 6.45) is 4.29. The molecule has 2 rings (SSSR count). The van der Waals surface area contributed by atoms with E-state index in [1.165, 1.54) is 4.88 Å². The largest absolute Gasteiger partial charge is 0.476 e. The van der Waals surface area contributed by atoms with Crippen LogP contribution in [0.25, 0.3) is 0 Å². The van der Waals surface area contributed by atoms with Crippen LogP contribution in [0.3, 0.4) is 0 Å². The van der Waals surface area contributed by atoms with E-state index in [0.29, 0.717) is 19.0 Å². The number of hydrogen-bond donors (Lipinski definition) is 1. The lowest BCUT2D eigenvalue weighted by Gasteiger charge is -2.19. The Morgan fingerprint density at radius 3 is 2.57 bits per heavy atom. The van der Waals surface area contributed by atoms with Crippen molar-refractivity contribution in [3.8, 4) is 5.88 Å². The molecule has 21 heavy (non-hydrogen) atoms. The second-order valence-corrected chi connectivity index (χ2v) is 6.85. The van der Waals surface area contributed by atoms with Crippen LogP contribution in [-0.2, 0) is 13.0 Å². The third-order valence-electron chi connectivity index (χ3n) is 2.91. The highest BCUT2D eigenvalue weighted by molar-refractivity contribution is 7.09. The first-order chi connectivity index (χ1) is 9.94. The van der Waals surface area contributed by atoms with E-state index in [-0.39, 0.29) is 5.54 Å². The molecule has 0 spiro atoms. The van der Waals surface area contributed by atoms with Crippen molar-refractivity contribution < 1.29 is 4.74 Å². The molecule has 1 N–H and O–H groups in total. The molecule has 0 aliphatic rings. The Morgan fingerprint density at radius 2 is 2.00 bits per heavy atom. The maximum atomic E-state index is 5.62. The Kier molecular flexibility index (Phi) is 5.25. The molecular formula is C15H22N4OS. The molecule has 0 aromatic carbocycles. The third kappa shape index (κ3) is 5.40. The second kappa shape index (κ2) is 6.95. The van der Waals surface area contributed by atoms with Crippen molar-refractivity contribution in [3.05, 3.63) is 34.2 Å². The van der Waals surface area contributed by atoms with Gasteiger partial charge in [-0.1, -0.05) is 0 Å². The fraction of sp³-hybridized carbons (Fsp3) is 0.533. The van der Waals surface area contributed by atoms with Crippen LogP contribution in [-0.4, -0.2) is 27.1 Å². The minimum atomic E-state index is 0.0729. The average molecular weight is 306 g/mol. The van der Waals surface area contributed by atoms with Crippen molar-refractivity contribution in [2.45, 2.75) is 46.2 Å². The summed E-state index contributed by atoms with van der Waals surface area (Å²) in [5.41, 5.74) is 3.93. The molecule has 2 heterocycles. The van der Waals surface area contributed by atoms with Crippen LogP contribution in [0.15, 0.2) is 17.9 Å². The minimum absolute atomic E-state index is 0.0729. The Balaban J connectivity index is 1.78. The quantitative estimate of drug-likeness (QED) is 0.889. The minimum Gasteiger partial charge on any atom is -0.476 e. The lowest BCUT2D eigenvalue weighted by atomic mass is 10.1. The molecule has 0 bridgehead atoms. The highest BCUT2D eigenvalue weighted by Gasteiger charge is 2.09. The SMILES string of the molecule is Cc1ncsc1CCOc1cnc(CNC(C)(C)C)cn1. The molecule has 6 heteroatoms. The molecule has 0 amide bonds. The van der Waals surface area contributed by atoms with Crippen LogP contribution in [0, 0.1) is 6.92 Å². The van der Waals surface area contributed by atoms with E-state index >= 15 is 0 Å². The van der Waals surface area contributed by atoms with Crippen LogP contribution in [0.2, 0.25) is 0 Å². The summed E-state index contributed by atoms with van der Waals surface area (Å²) in [4.78, 5) is 14.1. The maximum Gasteiger partial charge on any atom is 0.232 e. The van der Waals surface area contributed by atoms with Crippen molar-refractivity contribution in [2.24, 2.45) is 0 Å². The molecule has 0 radical (unpaired) electrons. The summed E-state index contributed by atoms with van der Waals surface area (Å²) < 4.78 is 5.62. The van der Waals surface area contributed by atoms with E-state index in [9.17, 15) is 0 Å². The number of hydrogen-bond acceptors (Lipinski definition) is 6. The van der Waals surface area contributed by atoms with Crippen LogP contribution in [0.4, 0.5) is 0 Å². The fourth-order valence-corrected chi connectivity index (χ4v) is 2.44. The van der Waals surface area contributed by atoms with Gasteiger partial charge in [0.25, 0.3) is 0 Å². The topological polar surface area (TPSA) is 59.9 Å². The van der Waals surface area contributed by atoms with E-state index in [0.717, 1.165) is 17.8 Å². The normalized spacial score (nSPS) is 11.6.